The minimum absolute atomic E-state index is 0.0277. The van der Waals surface area contributed by atoms with E-state index in [-0.39, 0.29) is 17.9 Å². The van der Waals surface area contributed by atoms with Gasteiger partial charge in [0.15, 0.2) is 5.78 Å². The van der Waals surface area contributed by atoms with Gasteiger partial charge >= 0.3 is 5.97 Å². The molecule has 0 saturated carbocycles. The van der Waals surface area contributed by atoms with Gasteiger partial charge in [0.25, 0.3) is 0 Å². The Bertz CT molecular complexity index is 704. The number of esters is 1. The van der Waals surface area contributed by atoms with Crippen LogP contribution in [-0.4, -0.2) is 24.6 Å². The van der Waals surface area contributed by atoms with Crippen molar-refractivity contribution >= 4 is 28.2 Å². The maximum Gasteiger partial charge on any atom is 0.338 e. The molecule has 0 aromatic heterocycles. The van der Waals surface area contributed by atoms with Crippen LogP contribution < -0.4 is 0 Å². The third kappa shape index (κ3) is 2.32. The highest BCUT2D eigenvalue weighted by Gasteiger charge is 2.17. The van der Waals surface area contributed by atoms with Crippen molar-refractivity contribution in [2.45, 2.75) is 13.3 Å². The summed E-state index contributed by atoms with van der Waals surface area (Å²) in [6.07, 6.45) is 0.284. The van der Waals surface area contributed by atoms with Gasteiger partial charge in [0.2, 0.25) is 0 Å². The van der Waals surface area contributed by atoms with Crippen LogP contribution in [0.5, 0.6) is 0 Å². The predicted molar refractivity (Wildman–Crippen MR) is 77.4 cm³/mol. The van der Waals surface area contributed by atoms with Gasteiger partial charge in [0.05, 0.1) is 12.7 Å². The number of fused-ring (bicyclic) bond motifs is 1. The number of carbonyl (C=O) groups excluding carboxylic acids is 2. The van der Waals surface area contributed by atoms with Gasteiger partial charge in [-0.3, -0.25) is 10.2 Å². The highest BCUT2D eigenvalue weighted by molar-refractivity contribution is 6.47. The molecule has 102 valence electrons. The number of nitrogens with one attached hydrogen (secondary N) is 1. The Morgan fingerprint density at radius 2 is 1.60 bits per heavy atom. The number of ketones is 1. The molecule has 2 aromatic carbocycles. The molecule has 20 heavy (non-hydrogen) atoms. The Labute approximate surface area is 116 Å². The molecule has 0 saturated heterocycles. The molecule has 0 radical (unpaired) electrons. The van der Waals surface area contributed by atoms with E-state index in [2.05, 4.69) is 0 Å². The van der Waals surface area contributed by atoms with Crippen LogP contribution >= 0.6 is 0 Å². The summed E-state index contributed by atoms with van der Waals surface area (Å²) in [6.45, 7) is 1.72. The van der Waals surface area contributed by atoms with Crippen LogP contribution in [0.25, 0.3) is 10.8 Å². The molecule has 0 bridgehead atoms. The second kappa shape index (κ2) is 5.65. The molecule has 0 aliphatic carbocycles. The van der Waals surface area contributed by atoms with Crippen LogP contribution in [0, 0.1) is 5.41 Å². The SMILES string of the molecule is CCC(=O)C(=N)c1ccc(C(=O)OC)c2ccccc12. The Hall–Kier alpha value is -2.49. The maximum atomic E-state index is 11.8. The number of carbonyl (C=O) groups is 2. The average molecular weight is 269 g/mol. The molecule has 0 heterocycles. The van der Waals surface area contributed by atoms with E-state index >= 15 is 0 Å². The van der Waals surface area contributed by atoms with E-state index in [1.54, 1.807) is 31.2 Å². The summed E-state index contributed by atoms with van der Waals surface area (Å²) in [6, 6.07) is 10.4. The average Bonchev–Trinajstić information content (AvgIpc) is 2.51. The van der Waals surface area contributed by atoms with E-state index in [9.17, 15) is 9.59 Å². The van der Waals surface area contributed by atoms with Gasteiger partial charge in [-0.2, -0.15) is 0 Å². The van der Waals surface area contributed by atoms with Crippen molar-refractivity contribution in [3.63, 3.8) is 0 Å². The van der Waals surface area contributed by atoms with Gasteiger partial charge in [-0.1, -0.05) is 37.3 Å². The zero-order valence-corrected chi connectivity index (χ0v) is 11.4. The van der Waals surface area contributed by atoms with Gasteiger partial charge in [-0.25, -0.2) is 4.79 Å². The van der Waals surface area contributed by atoms with E-state index in [0.29, 0.717) is 21.9 Å². The molecule has 4 nitrogen and oxygen atoms in total. The molecule has 0 atom stereocenters. The van der Waals surface area contributed by atoms with Crippen molar-refractivity contribution in [3.05, 3.63) is 47.5 Å². The summed E-state index contributed by atoms with van der Waals surface area (Å²) >= 11 is 0. The van der Waals surface area contributed by atoms with Gasteiger partial charge in [0.1, 0.15) is 5.71 Å². The molecular weight excluding hydrogens is 254 g/mol. The minimum Gasteiger partial charge on any atom is -0.465 e. The Kier molecular flexibility index (Phi) is 3.94. The van der Waals surface area contributed by atoms with E-state index in [4.69, 9.17) is 10.1 Å². The van der Waals surface area contributed by atoms with Gasteiger partial charge in [-0.15, -0.1) is 0 Å². The Balaban J connectivity index is 2.69. The molecule has 0 spiro atoms. The first-order valence-electron chi connectivity index (χ1n) is 6.32. The van der Waals surface area contributed by atoms with Crippen LogP contribution in [0.4, 0.5) is 0 Å². The lowest BCUT2D eigenvalue weighted by molar-refractivity contribution is -0.112. The quantitative estimate of drug-likeness (QED) is 0.685. The molecule has 0 unspecified atom stereocenters. The number of methoxy groups -OCH3 is 1. The summed E-state index contributed by atoms with van der Waals surface area (Å²) in [4.78, 5) is 23.5. The van der Waals surface area contributed by atoms with E-state index in [1.165, 1.54) is 7.11 Å². The summed E-state index contributed by atoms with van der Waals surface area (Å²) < 4.78 is 4.75. The monoisotopic (exact) mass is 269 g/mol. The van der Waals surface area contributed by atoms with E-state index in [0.717, 1.165) is 0 Å². The second-order valence-electron chi connectivity index (χ2n) is 4.35. The van der Waals surface area contributed by atoms with Crippen LogP contribution in [0.3, 0.4) is 0 Å². The van der Waals surface area contributed by atoms with Crippen molar-refractivity contribution in [1.82, 2.24) is 0 Å². The summed E-state index contributed by atoms with van der Waals surface area (Å²) in [7, 11) is 1.33. The third-order valence-electron chi connectivity index (χ3n) is 3.20. The molecule has 2 aromatic rings. The number of hydrogen-bond acceptors (Lipinski definition) is 4. The molecule has 1 N–H and O–H groups in total. The first-order chi connectivity index (χ1) is 9.60. The fourth-order valence-electron chi connectivity index (χ4n) is 2.13. The normalized spacial score (nSPS) is 10.3. The van der Waals surface area contributed by atoms with Gasteiger partial charge < -0.3 is 4.74 Å². The van der Waals surface area contributed by atoms with Crippen LogP contribution in [-0.2, 0) is 9.53 Å². The van der Waals surface area contributed by atoms with E-state index < -0.39 is 5.97 Å². The third-order valence-corrected chi connectivity index (χ3v) is 3.20. The highest BCUT2D eigenvalue weighted by Crippen LogP contribution is 2.24. The largest absolute Gasteiger partial charge is 0.465 e. The summed E-state index contributed by atoms with van der Waals surface area (Å²) in [5, 5.41) is 9.37. The minimum atomic E-state index is -0.430. The number of rotatable bonds is 4. The molecule has 0 aliphatic heterocycles. The predicted octanol–water partition coefficient (Wildman–Crippen LogP) is 2.97. The summed E-state index contributed by atoms with van der Waals surface area (Å²) in [5.74, 6) is -0.651. The van der Waals surface area contributed by atoms with Crippen molar-refractivity contribution in [1.29, 1.82) is 5.41 Å². The standard InChI is InChI=1S/C16H15NO3/c1-3-14(18)15(17)12-8-9-13(16(19)20-2)11-7-5-4-6-10(11)12/h4-9,17H,3H2,1-2H3. The second-order valence-corrected chi connectivity index (χ2v) is 4.35. The van der Waals surface area contributed by atoms with Gasteiger partial charge in [-0.05, 0) is 16.8 Å². The maximum absolute atomic E-state index is 11.8. The van der Waals surface area contributed by atoms with Crippen LogP contribution in [0.1, 0.15) is 29.3 Å². The number of hydrogen-bond donors (Lipinski definition) is 1. The lowest BCUT2D eigenvalue weighted by atomic mass is 9.95. The molecule has 0 aliphatic rings. The van der Waals surface area contributed by atoms with Crippen molar-refractivity contribution in [2.75, 3.05) is 7.11 Å². The Morgan fingerprint density at radius 3 is 2.15 bits per heavy atom. The smallest absolute Gasteiger partial charge is 0.338 e. The number of ether oxygens (including phenoxy) is 1. The molecular formula is C16H15NO3. The zero-order valence-electron chi connectivity index (χ0n) is 11.4. The van der Waals surface area contributed by atoms with Crippen molar-refractivity contribution in [3.8, 4) is 0 Å². The van der Waals surface area contributed by atoms with E-state index in [1.807, 2.05) is 12.1 Å². The first kappa shape index (κ1) is 13.9. The molecule has 2 rings (SSSR count). The fraction of sp³-hybridized carbons (Fsp3) is 0.188. The number of Topliss-reactive ketones (excluding diaryl/α,β-unsaturated/α-hetero) is 1. The summed E-state index contributed by atoms with van der Waals surface area (Å²) in [5.41, 5.74) is 0.948. The van der Waals surface area contributed by atoms with Gasteiger partial charge in [0, 0.05) is 12.0 Å². The van der Waals surface area contributed by atoms with Crippen molar-refractivity contribution < 1.29 is 14.3 Å². The molecule has 0 amide bonds. The lowest BCUT2D eigenvalue weighted by Gasteiger charge is -2.10. The number of benzene rings is 2. The van der Waals surface area contributed by atoms with Crippen LogP contribution in [0.2, 0.25) is 0 Å². The first-order valence-corrected chi connectivity index (χ1v) is 6.32. The van der Waals surface area contributed by atoms with Crippen LogP contribution in [0.15, 0.2) is 36.4 Å². The zero-order chi connectivity index (χ0) is 14.7. The fourth-order valence-corrected chi connectivity index (χ4v) is 2.13. The molecule has 0 fully saturated rings. The Morgan fingerprint density at radius 1 is 1.05 bits per heavy atom. The molecule has 4 heteroatoms. The highest BCUT2D eigenvalue weighted by atomic mass is 16.5. The van der Waals surface area contributed by atoms with Crippen molar-refractivity contribution in [2.24, 2.45) is 0 Å². The topological polar surface area (TPSA) is 67.2 Å². The lowest BCUT2D eigenvalue weighted by Crippen LogP contribution is -2.14.